The van der Waals surface area contributed by atoms with Gasteiger partial charge >= 0.3 is 0 Å². The van der Waals surface area contributed by atoms with Crippen LogP contribution in [0.5, 0.6) is 5.88 Å². The highest BCUT2D eigenvalue weighted by Crippen LogP contribution is 2.47. The van der Waals surface area contributed by atoms with Crippen LogP contribution in [0.4, 0.5) is 4.39 Å². The fourth-order valence-corrected chi connectivity index (χ4v) is 8.62. The maximum absolute atomic E-state index is 14.6. The van der Waals surface area contributed by atoms with E-state index in [1.807, 2.05) is 19.1 Å². The molecule has 4 aliphatic rings. The fraction of sp³-hybridized carbons (Fsp3) is 0.541. The molecule has 0 bridgehead atoms. The number of hydrogen-bond donors (Lipinski definition) is 3. The van der Waals surface area contributed by atoms with Gasteiger partial charge in [0, 0.05) is 31.6 Å². The first-order chi connectivity index (χ1) is 25.7. The number of sulfonamides is 1. The number of benzene rings is 1. The number of nitrogens with one attached hydrogen (secondary N) is 3. The first-order valence-electron chi connectivity index (χ1n) is 18.5. The van der Waals surface area contributed by atoms with Crippen LogP contribution in [-0.4, -0.2) is 91.7 Å². The van der Waals surface area contributed by atoms with Crippen LogP contribution in [-0.2, 0) is 37.9 Å². The monoisotopic (exact) mass is 764 g/mol. The van der Waals surface area contributed by atoms with Gasteiger partial charge in [0.05, 0.1) is 22.3 Å². The van der Waals surface area contributed by atoms with Gasteiger partial charge in [-0.25, -0.2) is 22.8 Å². The second kappa shape index (κ2) is 14.4. The highest BCUT2D eigenvalue weighted by Gasteiger charge is 2.63. The lowest BCUT2D eigenvalue weighted by molar-refractivity contribution is -0.141. The summed E-state index contributed by atoms with van der Waals surface area (Å²) in [6.07, 6.45) is 9.03. The molecule has 0 radical (unpaired) electrons. The summed E-state index contributed by atoms with van der Waals surface area (Å²) in [6.45, 7) is 3.37. The molecule has 3 fully saturated rings. The lowest BCUT2D eigenvalue weighted by Crippen LogP contribution is -2.58. The van der Waals surface area contributed by atoms with Gasteiger partial charge in [0.1, 0.15) is 40.9 Å². The third-order valence-corrected chi connectivity index (χ3v) is 13.3. The van der Waals surface area contributed by atoms with E-state index in [1.54, 1.807) is 14.0 Å². The van der Waals surface area contributed by atoms with E-state index >= 15 is 0 Å². The molecule has 4 heterocycles. The Morgan fingerprint density at radius 2 is 1.91 bits per heavy atom. The summed E-state index contributed by atoms with van der Waals surface area (Å²) in [6, 6.07) is 3.44. The summed E-state index contributed by atoms with van der Waals surface area (Å²) >= 11 is 0. The Labute approximate surface area is 312 Å². The fourth-order valence-electron chi connectivity index (χ4n) is 7.31. The minimum absolute atomic E-state index is 0.0133. The number of ether oxygens (including phenoxy) is 1. The predicted octanol–water partition coefficient (Wildman–Crippen LogP) is 2.61. The Morgan fingerprint density at radius 1 is 1.11 bits per heavy atom. The van der Waals surface area contributed by atoms with Crippen molar-refractivity contribution in [2.75, 3.05) is 6.54 Å². The molecule has 17 heteroatoms. The lowest BCUT2D eigenvalue weighted by atomic mass is 10.0. The van der Waals surface area contributed by atoms with Crippen molar-refractivity contribution in [2.45, 2.75) is 107 Å². The summed E-state index contributed by atoms with van der Waals surface area (Å²) in [5.41, 5.74) is -0.0320. The van der Waals surface area contributed by atoms with E-state index in [1.165, 1.54) is 40.0 Å². The molecule has 4 amide bonds. The predicted molar refractivity (Wildman–Crippen MR) is 194 cm³/mol. The topological polar surface area (TPSA) is 195 Å². The van der Waals surface area contributed by atoms with E-state index < -0.39 is 73.9 Å². The molecule has 0 unspecified atom stereocenters. The molecule has 1 aromatic carbocycles. The number of carbonyl (C=O) groups is 4. The average Bonchev–Trinajstić information content (AvgIpc) is 3.93. The maximum Gasteiger partial charge on any atom is 0.270 e. The van der Waals surface area contributed by atoms with Gasteiger partial charge in [-0.1, -0.05) is 31.9 Å². The van der Waals surface area contributed by atoms with E-state index in [0.29, 0.717) is 49.7 Å². The van der Waals surface area contributed by atoms with E-state index in [2.05, 4.69) is 30.4 Å². The van der Waals surface area contributed by atoms with Crippen molar-refractivity contribution in [3.05, 3.63) is 59.8 Å². The molecule has 2 aliphatic heterocycles. The molecule has 0 spiro atoms. The SMILES string of the molecule is CCc1nc2ccc(F)cc2nc1O[C@@H]1C[C@H]2C(=O)N[C@]3(C(=O)NS(=O)(=O)C4(C)CC4)C[C@H]3/C=C\CCCCC[C@H](NC(=O)c3ccnn3C)C(=O)N2C1. The first kappa shape index (κ1) is 37.4. The molecule has 3 N–H and O–H groups in total. The number of allylic oxidation sites excluding steroid dienone is 1. The number of amides is 4. The Kier molecular flexibility index (Phi) is 9.95. The molecule has 2 saturated carbocycles. The highest BCUT2D eigenvalue weighted by atomic mass is 32.2. The van der Waals surface area contributed by atoms with Crippen molar-refractivity contribution in [3.8, 4) is 5.88 Å². The molecular weight excluding hydrogens is 720 g/mol. The number of hydrogen-bond acceptors (Lipinski definition) is 10. The normalized spacial score (nSPS) is 27.4. The minimum atomic E-state index is -4.01. The molecule has 1 saturated heterocycles. The van der Waals surface area contributed by atoms with Gasteiger partial charge in [-0.3, -0.25) is 28.6 Å². The molecular formula is C37H45FN8O7S. The first-order valence-corrected chi connectivity index (χ1v) is 20.0. The Bertz CT molecular complexity index is 2140. The zero-order valence-corrected chi connectivity index (χ0v) is 31.3. The Hall–Kier alpha value is -4.93. The number of aromatic nitrogens is 4. The van der Waals surface area contributed by atoms with Crippen LogP contribution in [0.3, 0.4) is 0 Å². The third-order valence-electron chi connectivity index (χ3n) is 11.1. The Morgan fingerprint density at radius 3 is 2.63 bits per heavy atom. The summed E-state index contributed by atoms with van der Waals surface area (Å²) in [5.74, 6) is -3.32. The zero-order chi connectivity index (χ0) is 38.4. The van der Waals surface area contributed by atoms with Gasteiger partial charge < -0.3 is 20.3 Å². The summed E-state index contributed by atoms with van der Waals surface area (Å²) < 4.78 is 49.3. The second-order valence-electron chi connectivity index (χ2n) is 15.0. The standard InChI is InChI=1S/C37H45FN8O7S/c1-4-25-33(42-28-18-23(38)12-13-26(28)40-25)53-24-19-30-32(48)43-37(35(50)44-54(51,52)36(2)15-16-36)20-22(37)10-8-6-5-7-9-11-27(34(49)46(30)21-24)41-31(47)29-14-17-39-45(29)3/h8,10,12-14,17-18,22,24,27,30H,4-7,9,11,15-16,19-21H2,1-3H3,(H,41,47)(H,43,48)(H,44,50)/b10-8-/t22-,24-,27+,30+,37-/m1/s1. The van der Waals surface area contributed by atoms with Crippen molar-refractivity contribution in [1.82, 2.24) is 40.0 Å². The van der Waals surface area contributed by atoms with Crippen LogP contribution in [0.2, 0.25) is 0 Å². The molecule has 5 atom stereocenters. The van der Waals surface area contributed by atoms with Crippen LogP contribution in [0.15, 0.2) is 42.6 Å². The molecule has 15 nitrogen and oxygen atoms in total. The quantitative estimate of drug-likeness (QED) is 0.287. The van der Waals surface area contributed by atoms with E-state index in [4.69, 9.17) is 4.74 Å². The Balaban J connectivity index is 1.21. The minimum Gasteiger partial charge on any atom is -0.471 e. The summed E-state index contributed by atoms with van der Waals surface area (Å²) in [5, 5.41) is 9.79. The van der Waals surface area contributed by atoms with Crippen molar-refractivity contribution < 1.29 is 36.7 Å². The third kappa shape index (κ3) is 7.29. The van der Waals surface area contributed by atoms with Crippen molar-refractivity contribution in [2.24, 2.45) is 13.0 Å². The largest absolute Gasteiger partial charge is 0.471 e. The second-order valence-corrected chi connectivity index (χ2v) is 17.2. The molecule has 2 aliphatic carbocycles. The van der Waals surface area contributed by atoms with Crippen LogP contribution in [0, 0.1) is 11.7 Å². The van der Waals surface area contributed by atoms with E-state index in [9.17, 15) is 32.0 Å². The van der Waals surface area contributed by atoms with Crippen LogP contribution in [0.1, 0.15) is 87.8 Å². The molecule has 54 heavy (non-hydrogen) atoms. The number of aryl methyl sites for hydroxylation is 2. The maximum atomic E-state index is 14.6. The van der Waals surface area contributed by atoms with Gasteiger partial charge in [0.25, 0.3) is 11.8 Å². The number of rotatable bonds is 8. The molecule has 7 rings (SSSR count). The molecule has 3 aromatic rings. The lowest BCUT2D eigenvalue weighted by Gasteiger charge is -2.30. The van der Waals surface area contributed by atoms with Crippen molar-refractivity contribution in [1.29, 1.82) is 0 Å². The van der Waals surface area contributed by atoms with E-state index in [0.717, 1.165) is 12.8 Å². The average molecular weight is 765 g/mol. The molecule has 2 aromatic heterocycles. The summed E-state index contributed by atoms with van der Waals surface area (Å²) in [7, 11) is -2.39. The van der Waals surface area contributed by atoms with Crippen molar-refractivity contribution in [3.63, 3.8) is 0 Å². The molecule has 288 valence electrons. The van der Waals surface area contributed by atoms with Crippen LogP contribution in [0.25, 0.3) is 11.0 Å². The van der Waals surface area contributed by atoms with Gasteiger partial charge in [0.2, 0.25) is 27.7 Å². The smallest absolute Gasteiger partial charge is 0.270 e. The number of halogens is 1. The van der Waals surface area contributed by atoms with Gasteiger partial charge in [0.15, 0.2) is 0 Å². The number of fused-ring (bicyclic) bond motifs is 3. The van der Waals surface area contributed by atoms with Crippen LogP contribution >= 0.6 is 0 Å². The highest BCUT2D eigenvalue weighted by molar-refractivity contribution is 7.91. The van der Waals surface area contributed by atoms with E-state index in [-0.39, 0.29) is 36.5 Å². The van der Waals surface area contributed by atoms with Gasteiger partial charge in [-0.05, 0) is 70.1 Å². The summed E-state index contributed by atoms with van der Waals surface area (Å²) in [4.78, 5) is 66.7. The number of nitrogens with zero attached hydrogens (tertiary/aromatic N) is 5. The zero-order valence-electron chi connectivity index (χ0n) is 30.5. The van der Waals surface area contributed by atoms with Gasteiger partial charge in [-0.15, -0.1) is 0 Å². The van der Waals surface area contributed by atoms with Crippen LogP contribution < -0.4 is 20.1 Å². The van der Waals surface area contributed by atoms with Crippen molar-refractivity contribution >= 4 is 44.7 Å². The van der Waals surface area contributed by atoms with Gasteiger partial charge in [-0.2, -0.15) is 5.10 Å². The number of carbonyl (C=O) groups excluding carboxylic acids is 4.